The second-order valence-corrected chi connectivity index (χ2v) is 6.52. The maximum absolute atomic E-state index is 6.25. The van der Waals surface area contributed by atoms with Gasteiger partial charge in [-0.25, -0.2) is 0 Å². The van der Waals surface area contributed by atoms with Crippen molar-refractivity contribution >= 4 is 11.6 Å². The molecule has 5 nitrogen and oxygen atoms in total. The van der Waals surface area contributed by atoms with Crippen LogP contribution in [-0.2, 0) is 6.54 Å². The van der Waals surface area contributed by atoms with E-state index < -0.39 is 0 Å². The monoisotopic (exact) mass is 325 g/mol. The Hall–Kier alpha value is -1.01. The summed E-state index contributed by atoms with van der Waals surface area (Å²) >= 11 is 6.25. The Balaban J connectivity index is 1.80. The van der Waals surface area contributed by atoms with Crippen LogP contribution in [0.3, 0.4) is 0 Å². The second-order valence-electron chi connectivity index (χ2n) is 6.08. The number of hydrogen-bond donors (Lipinski definition) is 1. The van der Waals surface area contributed by atoms with Gasteiger partial charge in [-0.2, -0.15) is 0 Å². The number of benzene rings is 1. The molecule has 122 valence electrons. The number of nitrogens with zero attached hydrogens (tertiary/aromatic N) is 2. The van der Waals surface area contributed by atoms with Crippen LogP contribution in [0.1, 0.15) is 5.56 Å². The van der Waals surface area contributed by atoms with E-state index in [2.05, 4.69) is 22.2 Å². The SMILES string of the molecule is COc1cc(Cl)cc(CN2CCNCC2)c1OC1CN(C)C1. The van der Waals surface area contributed by atoms with E-state index in [1.54, 1.807) is 7.11 Å². The Kier molecular flexibility index (Phi) is 5.08. The van der Waals surface area contributed by atoms with Gasteiger partial charge in [0.2, 0.25) is 0 Å². The van der Waals surface area contributed by atoms with Crippen molar-refractivity contribution in [2.75, 3.05) is 53.4 Å². The number of likely N-dealkylation sites (N-methyl/N-ethyl adjacent to an activating group) is 1. The fraction of sp³-hybridized carbons (Fsp3) is 0.625. The third kappa shape index (κ3) is 3.66. The lowest BCUT2D eigenvalue weighted by Crippen LogP contribution is -2.51. The molecule has 0 unspecified atom stereocenters. The molecule has 2 saturated heterocycles. The minimum atomic E-state index is 0.238. The molecular weight excluding hydrogens is 302 g/mol. The molecule has 0 atom stereocenters. The zero-order valence-corrected chi connectivity index (χ0v) is 14.0. The summed E-state index contributed by atoms with van der Waals surface area (Å²) in [4.78, 5) is 4.66. The van der Waals surface area contributed by atoms with Crippen molar-refractivity contribution in [1.29, 1.82) is 0 Å². The summed E-state index contributed by atoms with van der Waals surface area (Å²) in [5.41, 5.74) is 1.11. The quantitative estimate of drug-likeness (QED) is 0.887. The van der Waals surface area contributed by atoms with Gasteiger partial charge in [0.05, 0.1) is 7.11 Å². The first-order valence-corrected chi connectivity index (χ1v) is 8.18. The van der Waals surface area contributed by atoms with Crippen molar-refractivity contribution in [2.24, 2.45) is 0 Å². The van der Waals surface area contributed by atoms with E-state index in [4.69, 9.17) is 21.1 Å². The van der Waals surface area contributed by atoms with Crippen LogP contribution in [0.4, 0.5) is 0 Å². The summed E-state index contributed by atoms with van der Waals surface area (Å²) in [6, 6.07) is 3.84. The number of rotatable bonds is 5. The number of hydrogen-bond acceptors (Lipinski definition) is 5. The van der Waals surface area contributed by atoms with E-state index >= 15 is 0 Å². The molecule has 0 radical (unpaired) electrons. The van der Waals surface area contributed by atoms with Crippen LogP contribution in [0.25, 0.3) is 0 Å². The summed E-state index contributed by atoms with van der Waals surface area (Å²) in [5.74, 6) is 1.58. The number of piperazine rings is 1. The summed E-state index contributed by atoms with van der Waals surface area (Å²) < 4.78 is 11.7. The number of nitrogens with one attached hydrogen (secondary N) is 1. The maximum Gasteiger partial charge on any atom is 0.166 e. The highest BCUT2D eigenvalue weighted by Crippen LogP contribution is 2.37. The molecule has 6 heteroatoms. The van der Waals surface area contributed by atoms with Crippen LogP contribution in [0.2, 0.25) is 5.02 Å². The summed E-state index contributed by atoms with van der Waals surface area (Å²) in [6.07, 6.45) is 0.238. The number of methoxy groups -OCH3 is 1. The van der Waals surface area contributed by atoms with Crippen molar-refractivity contribution in [3.05, 3.63) is 22.7 Å². The van der Waals surface area contributed by atoms with Crippen LogP contribution >= 0.6 is 11.6 Å². The molecule has 22 heavy (non-hydrogen) atoms. The van der Waals surface area contributed by atoms with Gasteiger partial charge in [0.1, 0.15) is 6.10 Å². The Labute approximate surface area is 137 Å². The molecule has 0 spiro atoms. The van der Waals surface area contributed by atoms with E-state index in [1.807, 2.05) is 12.1 Å². The molecule has 2 fully saturated rings. The highest BCUT2D eigenvalue weighted by molar-refractivity contribution is 6.30. The van der Waals surface area contributed by atoms with Gasteiger partial charge in [-0.3, -0.25) is 9.80 Å². The van der Waals surface area contributed by atoms with Crippen LogP contribution in [0, 0.1) is 0 Å². The standard InChI is InChI=1S/C16H24ClN3O2/c1-19-10-14(11-19)22-16-12(7-13(17)8-15(16)21-2)9-20-5-3-18-4-6-20/h7-8,14,18H,3-6,9-11H2,1-2H3. The van der Waals surface area contributed by atoms with Gasteiger partial charge in [0, 0.05) is 62.5 Å². The number of likely N-dealkylation sites (tertiary alicyclic amines) is 1. The Morgan fingerprint density at radius 1 is 1.27 bits per heavy atom. The summed E-state index contributed by atoms with van der Waals surface area (Å²) in [5, 5.41) is 4.07. The smallest absolute Gasteiger partial charge is 0.166 e. The lowest BCUT2D eigenvalue weighted by atomic mass is 10.1. The highest BCUT2D eigenvalue weighted by Gasteiger charge is 2.27. The molecule has 0 amide bonds. The fourth-order valence-electron chi connectivity index (χ4n) is 3.02. The first kappa shape index (κ1) is 15.9. The molecule has 1 aromatic rings. The topological polar surface area (TPSA) is 37.0 Å². The molecule has 3 rings (SSSR count). The van der Waals surface area contributed by atoms with Crippen molar-refractivity contribution in [3.8, 4) is 11.5 Å². The van der Waals surface area contributed by atoms with Gasteiger partial charge in [-0.1, -0.05) is 11.6 Å². The van der Waals surface area contributed by atoms with Crippen molar-refractivity contribution in [2.45, 2.75) is 12.6 Å². The first-order chi connectivity index (χ1) is 10.7. The number of ether oxygens (including phenoxy) is 2. The van der Waals surface area contributed by atoms with Gasteiger partial charge in [-0.15, -0.1) is 0 Å². The van der Waals surface area contributed by atoms with Gasteiger partial charge >= 0.3 is 0 Å². The Bertz CT molecular complexity index is 514. The van der Waals surface area contributed by atoms with Gasteiger partial charge in [0.25, 0.3) is 0 Å². The van der Waals surface area contributed by atoms with E-state index in [0.717, 1.165) is 62.9 Å². The zero-order valence-electron chi connectivity index (χ0n) is 13.3. The van der Waals surface area contributed by atoms with Crippen LogP contribution in [0.5, 0.6) is 11.5 Å². The molecule has 0 bridgehead atoms. The Morgan fingerprint density at radius 2 is 2.00 bits per heavy atom. The summed E-state index contributed by atoms with van der Waals surface area (Å²) in [7, 11) is 3.76. The fourth-order valence-corrected chi connectivity index (χ4v) is 3.25. The van der Waals surface area contributed by atoms with E-state index in [-0.39, 0.29) is 6.10 Å². The molecule has 2 aliphatic heterocycles. The molecule has 2 heterocycles. The third-order valence-electron chi connectivity index (χ3n) is 4.24. The third-order valence-corrected chi connectivity index (χ3v) is 4.45. The van der Waals surface area contributed by atoms with Crippen molar-refractivity contribution < 1.29 is 9.47 Å². The molecule has 1 N–H and O–H groups in total. The lowest BCUT2D eigenvalue weighted by molar-refractivity contribution is 0.0356. The average Bonchev–Trinajstić information content (AvgIpc) is 2.48. The second kappa shape index (κ2) is 7.04. The molecular formula is C16H24ClN3O2. The summed E-state index contributed by atoms with van der Waals surface area (Å²) in [6.45, 7) is 6.90. The van der Waals surface area contributed by atoms with Crippen molar-refractivity contribution in [3.63, 3.8) is 0 Å². The van der Waals surface area contributed by atoms with Crippen LogP contribution < -0.4 is 14.8 Å². The lowest BCUT2D eigenvalue weighted by Gasteiger charge is -2.37. The van der Waals surface area contributed by atoms with Crippen molar-refractivity contribution in [1.82, 2.24) is 15.1 Å². The molecule has 0 aromatic heterocycles. The van der Waals surface area contributed by atoms with Gasteiger partial charge < -0.3 is 14.8 Å². The van der Waals surface area contributed by atoms with Crippen LogP contribution in [-0.4, -0.2) is 69.3 Å². The predicted octanol–water partition coefficient (Wildman–Crippen LogP) is 1.45. The molecule has 0 aliphatic carbocycles. The largest absolute Gasteiger partial charge is 0.493 e. The van der Waals surface area contributed by atoms with E-state index in [0.29, 0.717) is 5.02 Å². The van der Waals surface area contributed by atoms with E-state index in [1.165, 1.54) is 0 Å². The van der Waals surface area contributed by atoms with E-state index in [9.17, 15) is 0 Å². The zero-order chi connectivity index (χ0) is 15.5. The maximum atomic E-state index is 6.25. The Morgan fingerprint density at radius 3 is 2.64 bits per heavy atom. The first-order valence-electron chi connectivity index (χ1n) is 7.80. The highest BCUT2D eigenvalue weighted by atomic mass is 35.5. The normalized spacial score (nSPS) is 20.7. The molecule has 1 aromatic carbocycles. The predicted molar refractivity (Wildman–Crippen MR) is 88.1 cm³/mol. The molecule has 0 saturated carbocycles. The minimum Gasteiger partial charge on any atom is -0.493 e. The minimum absolute atomic E-state index is 0.238. The van der Waals surface area contributed by atoms with Gasteiger partial charge in [0.15, 0.2) is 11.5 Å². The van der Waals surface area contributed by atoms with Gasteiger partial charge in [-0.05, 0) is 13.1 Å². The number of halogens is 1. The van der Waals surface area contributed by atoms with Crippen LogP contribution in [0.15, 0.2) is 12.1 Å². The molecule has 2 aliphatic rings. The average molecular weight is 326 g/mol.